The van der Waals surface area contributed by atoms with Gasteiger partial charge < -0.3 is 4.57 Å². The number of aromatic nitrogens is 1. The molecule has 0 amide bonds. The lowest BCUT2D eigenvalue weighted by atomic mass is 10.0. The normalized spacial score (nSPS) is 12.5. The van der Waals surface area contributed by atoms with E-state index in [1.807, 2.05) is 25.2 Å². The number of fused-ring (bicyclic) bond motifs is 3. The van der Waals surface area contributed by atoms with Crippen molar-refractivity contribution in [1.82, 2.24) is 4.57 Å². The van der Waals surface area contributed by atoms with Crippen LogP contribution in [0.5, 0.6) is 0 Å². The Hall–Kier alpha value is -3.06. The molecule has 1 heterocycles. The maximum Gasteiger partial charge on any atom is 0.0541 e. The van der Waals surface area contributed by atoms with Crippen LogP contribution in [0.25, 0.3) is 33.1 Å². The molecule has 0 aliphatic rings. The van der Waals surface area contributed by atoms with Crippen molar-refractivity contribution in [1.29, 1.82) is 0 Å². The van der Waals surface area contributed by atoms with Crippen LogP contribution in [0.2, 0.25) is 0 Å². The van der Waals surface area contributed by atoms with Crippen molar-refractivity contribution in [2.75, 3.05) is 0 Å². The fourth-order valence-corrected chi connectivity index (χ4v) is 3.19. The Morgan fingerprint density at radius 2 is 1.67 bits per heavy atom. The standard InChI is InChI=1S/C23H21N/c1-5-11-19(8-4)24-22-13-10-9-12-20(22)21-16-18(14-15-23(21)24)17(6-2)7-3/h5-16H,1-2,4H2,3H3/b17-7+,19-11+. The van der Waals surface area contributed by atoms with Gasteiger partial charge in [-0.1, -0.05) is 62.2 Å². The minimum atomic E-state index is 1.01. The summed E-state index contributed by atoms with van der Waals surface area (Å²) < 4.78 is 2.23. The molecule has 0 bridgehead atoms. The summed E-state index contributed by atoms with van der Waals surface area (Å²) in [6.45, 7) is 13.7. The average Bonchev–Trinajstić information content (AvgIpc) is 2.95. The van der Waals surface area contributed by atoms with Gasteiger partial charge in [0, 0.05) is 16.5 Å². The van der Waals surface area contributed by atoms with E-state index in [1.165, 1.54) is 21.9 Å². The smallest absolute Gasteiger partial charge is 0.0541 e. The first-order valence-corrected chi connectivity index (χ1v) is 8.03. The van der Waals surface area contributed by atoms with Crippen LogP contribution in [0.15, 0.2) is 92.6 Å². The molecule has 1 aromatic heterocycles. The van der Waals surface area contributed by atoms with Crippen molar-refractivity contribution in [3.63, 3.8) is 0 Å². The average molecular weight is 311 g/mol. The molecule has 0 aliphatic carbocycles. The topological polar surface area (TPSA) is 4.93 Å². The summed E-state index contributed by atoms with van der Waals surface area (Å²) in [4.78, 5) is 0. The number of para-hydroxylation sites is 1. The van der Waals surface area contributed by atoms with E-state index >= 15 is 0 Å². The fourth-order valence-electron chi connectivity index (χ4n) is 3.19. The van der Waals surface area contributed by atoms with Gasteiger partial charge in [0.2, 0.25) is 0 Å². The van der Waals surface area contributed by atoms with Crippen LogP contribution in [0.4, 0.5) is 0 Å². The zero-order valence-corrected chi connectivity index (χ0v) is 14.0. The Labute approximate surface area is 143 Å². The molecule has 0 radical (unpaired) electrons. The lowest BCUT2D eigenvalue weighted by Gasteiger charge is -2.08. The Morgan fingerprint density at radius 3 is 2.33 bits per heavy atom. The predicted octanol–water partition coefficient (Wildman–Crippen LogP) is 6.60. The van der Waals surface area contributed by atoms with Crippen LogP contribution >= 0.6 is 0 Å². The van der Waals surface area contributed by atoms with Crippen molar-refractivity contribution in [2.24, 2.45) is 0 Å². The molecule has 1 heteroatoms. The largest absolute Gasteiger partial charge is 0.309 e. The molecule has 2 aromatic carbocycles. The summed E-state index contributed by atoms with van der Waals surface area (Å²) in [7, 11) is 0. The third-order valence-electron chi connectivity index (χ3n) is 4.29. The van der Waals surface area contributed by atoms with E-state index in [0.717, 1.165) is 16.8 Å². The van der Waals surface area contributed by atoms with Crippen LogP contribution in [0, 0.1) is 0 Å². The summed E-state index contributed by atoms with van der Waals surface area (Å²) >= 11 is 0. The monoisotopic (exact) mass is 311 g/mol. The van der Waals surface area contributed by atoms with E-state index in [-0.39, 0.29) is 0 Å². The SMILES string of the molecule is C=C/C=C(\C=C)n1c2ccccc2c2cc(/C(C=C)=C/C)ccc21. The maximum absolute atomic E-state index is 3.96. The first-order chi connectivity index (χ1) is 11.7. The molecule has 118 valence electrons. The number of benzene rings is 2. The van der Waals surface area contributed by atoms with Crippen LogP contribution in [0.1, 0.15) is 12.5 Å². The highest BCUT2D eigenvalue weighted by Crippen LogP contribution is 2.34. The van der Waals surface area contributed by atoms with Crippen molar-refractivity contribution >= 4 is 33.1 Å². The lowest BCUT2D eigenvalue weighted by Crippen LogP contribution is -1.94. The molecular weight excluding hydrogens is 290 g/mol. The van der Waals surface area contributed by atoms with E-state index in [4.69, 9.17) is 0 Å². The van der Waals surface area contributed by atoms with Crippen molar-refractivity contribution < 1.29 is 0 Å². The molecule has 0 aliphatic heterocycles. The summed E-state index contributed by atoms with van der Waals surface area (Å²) in [5.41, 5.74) is 5.65. The predicted molar refractivity (Wildman–Crippen MR) is 108 cm³/mol. The van der Waals surface area contributed by atoms with Crippen LogP contribution in [-0.4, -0.2) is 4.57 Å². The number of allylic oxidation sites excluding steroid dienone is 7. The zero-order valence-electron chi connectivity index (χ0n) is 14.0. The quantitative estimate of drug-likeness (QED) is 0.468. The van der Waals surface area contributed by atoms with Gasteiger partial charge in [0.25, 0.3) is 0 Å². The second-order valence-electron chi connectivity index (χ2n) is 5.56. The molecule has 1 nitrogen and oxygen atoms in total. The molecule has 24 heavy (non-hydrogen) atoms. The third kappa shape index (κ3) is 2.44. The van der Waals surface area contributed by atoms with Gasteiger partial charge in [-0.2, -0.15) is 0 Å². The van der Waals surface area contributed by atoms with Gasteiger partial charge in [-0.25, -0.2) is 0 Å². The molecule has 0 spiro atoms. The van der Waals surface area contributed by atoms with Gasteiger partial charge >= 0.3 is 0 Å². The number of nitrogens with zero attached hydrogens (tertiary/aromatic N) is 1. The number of hydrogen-bond donors (Lipinski definition) is 0. The Balaban J connectivity index is 2.44. The molecule has 3 aromatic rings. The van der Waals surface area contributed by atoms with E-state index in [1.54, 1.807) is 6.08 Å². The first-order valence-electron chi connectivity index (χ1n) is 8.03. The highest BCUT2D eigenvalue weighted by molar-refractivity contribution is 6.11. The number of rotatable bonds is 5. The van der Waals surface area contributed by atoms with Gasteiger partial charge in [0.1, 0.15) is 0 Å². The van der Waals surface area contributed by atoms with E-state index in [2.05, 4.69) is 72.8 Å². The maximum atomic E-state index is 3.96. The molecule has 0 unspecified atom stereocenters. The summed E-state index contributed by atoms with van der Waals surface area (Å²) in [6, 6.07) is 15.0. The Kier molecular flexibility index (Phi) is 4.35. The second kappa shape index (κ2) is 6.59. The Morgan fingerprint density at radius 1 is 0.917 bits per heavy atom. The minimum absolute atomic E-state index is 1.01. The minimum Gasteiger partial charge on any atom is -0.309 e. The third-order valence-corrected chi connectivity index (χ3v) is 4.29. The van der Waals surface area contributed by atoms with Gasteiger partial charge in [-0.15, -0.1) is 0 Å². The molecule has 3 rings (SSSR count). The van der Waals surface area contributed by atoms with E-state index in [0.29, 0.717) is 0 Å². The molecule has 0 N–H and O–H groups in total. The van der Waals surface area contributed by atoms with Gasteiger partial charge in [0.05, 0.1) is 11.0 Å². The van der Waals surface area contributed by atoms with E-state index < -0.39 is 0 Å². The fraction of sp³-hybridized carbons (Fsp3) is 0.0435. The van der Waals surface area contributed by atoms with Crippen LogP contribution in [0.3, 0.4) is 0 Å². The highest BCUT2D eigenvalue weighted by atomic mass is 15.0. The van der Waals surface area contributed by atoms with Gasteiger partial charge in [-0.3, -0.25) is 0 Å². The summed E-state index contributed by atoms with van der Waals surface area (Å²) in [5.74, 6) is 0. The van der Waals surface area contributed by atoms with Crippen LogP contribution in [-0.2, 0) is 0 Å². The summed E-state index contributed by atoms with van der Waals surface area (Å²) in [5, 5.41) is 2.45. The molecule has 0 saturated heterocycles. The second-order valence-corrected chi connectivity index (χ2v) is 5.56. The lowest BCUT2D eigenvalue weighted by molar-refractivity contribution is 1.24. The van der Waals surface area contributed by atoms with Crippen molar-refractivity contribution in [3.8, 4) is 0 Å². The Bertz CT molecular complexity index is 1010. The van der Waals surface area contributed by atoms with Crippen molar-refractivity contribution in [2.45, 2.75) is 6.92 Å². The van der Waals surface area contributed by atoms with E-state index in [9.17, 15) is 0 Å². The molecule has 0 saturated carbocycles. The van der Waals surface area contributed by atoms with Crippen molar-refractivity contribution in [3.05, 3.63) is 98.1 Å². The first kappa shape index (κ1) is 15.8. The van der Waals surface area contributed by atoms with Gasteiger partial charge in [-0.05, 0) is 48.4 Å². The molecular formula is C23H21N. The molecule has 0 fully saturated rings. The highest BCUT2D eigenvalue weighted by Gasteiger charge is 2.12. The summed E-state index contributed by atoms with van der Waals surface area (Å²) in [6.07, 6.45) is 9.62. The molecule has 0 atom stereocenters. The van der Waals surface area contributed by atoms with Crippen LogP contribution < -0.4 is 0 Å². The van der Waals surface area contributed by atoms with Gasteiger partial charge in [0.15, 0.2) is 0 Å². The number of hydrogen-bond acceptors (Lipinski definition) is 0. The zero-order chi connectivity index (χ0) is 17.1.